The Morgan fingerprint density at radius 2 is 2.19 bits per heavy atom. The lowest BCUT2D eigenvalue weighted by Crippen LogP contribution is -2.28. The molecule has 0 aliphatic carbocycles. The van der Waals surface area contributed by atoms with Crippen LogP contribution in [0.3, 0.4) is 0 Å². The first kappa shape index (κ1) is 13.4. The van der Waals surface area contributed by atoms with Crippen molar-refractivity contribution < 1.29 is 4.79 Å². The molecule has 0 unspecified atom stereocenters. The Labute approximate surface area is 122 Å². The third kappa shape index (κ3) is 2.52. The molecule has 6 heteroatoms. The normalized spacial score (nSPS) is 11.0. The van der Waals surface area contributed by atoms with Crippen molar-refractivity contribution in [3.05, 3.63) is 53.7 Å². The van der Waals surface area contributed by atoms with E-state index >= 15 is 0 Å². The molecule has 0 bridgehead atoms. The summed E-state index contributed by atoms with van der Waals surface area (Å²) in [5.74, 6) is -0.0600. The number of nitrogens with zero attached hydrogens (tertiary/aromatic N) is 5. The fraction of sp³-hybridized carbons (Fsp3) is 0.267. The molecule has 108 valence electrons. The molecule has 0 saturated carbocycles. The fourth-order valence-corrected chi connectivity index (χ4v) is 2.38. The van der Waals surface area contributed by atoms with Gasteiger partial charge in [-0.05, 0) is 25.1 Å². The van der Waals surface area contributed by atoms with Gasteiger partial charge in [0, 0.05) is 26.5 Å². The van der Waals surface area contributed by atoms with Gasteiger partial charge in [0.15, 0.2) is 0 Å². The number of amides is 1. The third-order valence-corrected chi connectivity index (χ3v) is 3.38. The van der Waals surface area contributed by atoms with Gasteiger partial charge in [0.2, 0.25) is 0 Å². The van der Waals surface area contributed by atoms with Crippen LogP contribution in [0.15, 0.2) is 36.7 Å². The second-order valence-corrected chi connectivity index (χ2v) is 5.15. The van der Waals surface area contributed by atoms with Gasteiger partial charge in [-0.15, -0.1) is 0 Å². The molecule has 0 spiro atoms. The molecule has 0 radical (unpaired) electrons. The Kier molecular flexibility index (Phi) is 3.21. The molecule has 0 aliphatic heterocycles. The molecule has 0 aliphatic rings. The van der Waals surface area contributed by atoms with Crippen molar-refractivity contribution in [1.29, 1.82) is 0 Å². The summed E-state index contributed by atoms with van der Waals surface area (Å²) in [5.41, 5.74) is 3.15. The number of fused-ring (bicyclic) bond motifs is 1. The zero-order chi connectivity index (χ0) is 15.0. The number of rotatable bonds is 3. The van der Waals surface area contributed by atoms with Gasteiger partial charge in [-0.25, -0.2) is 4.98 Å². The quantitative estimate of drug-likeness (QED) is 0.734. The SMILES string of the molecule is Cc1cc(C(=O)N(C)Cc2cn3ccccc3n2)n(C)n1. The highest BCUT2D eigenvalue weighted by molar-refractivity contribution is 5.92. The molecule has 21 heavy (non-hydrogen) atoms. The average Bonchev–Trinajstić information content (AvgIpc) is 3.00. The van der Waals surface area contributed by atoms with Crippen LogP contribution in [-0.4, -0.2) is 37.0 Å². The standard InChI is InChI=1S/C15H17N5O/c1-11-8-13(19(3)17-11)15(21)18(2)9-12-10-20-7-5-4-6-14(20)16-12/h4-8,10H,9H2,1-3H3. The van der Waals surface area contributed by atoms with E-state index in [2.05, 4.69) is 10.1 Å². The summed E-state index contributed by atoms with van der Waals surface area (Å²) in [5, 5.41) is 4.21. The number of hydrogen-bond acceptors (Lipinski definition) is 3. The maximum Gasteiger partial charge on any atom is 0.272 e. The second kappa shape index (κ2) is 5.05. The predicted octanol–water partition coefficient (Wildman–Crippen LogP) is 1.65. The van der Waals surface area contributed by atoms with E-state index in [-0.39, 0.29) is 5.91 Å². The van der Waals surface area contributed by atoms with Crippen LogP contribution in [-0.2, 0) is 13.6 Å². The molecule has 3 aromatic rings. The van der Waals surface area contributed by atoms with E-state index in [9.17, 15) is 4.79 Å². The van der Waals surface area contributed by atoms with Gasteiger partial charge < -0.3 is 9.30 Å². The molecule has 0 fully saturated rings. The number of carbonyl (C=O) groups excluding carboxylic acids is 1. The van der Waals surface area contributed by atoms with E-state index < -0.39 is 0 Å². The van der Waals surface area contributed by atoms with E-state index in [0.29, 0.717) is 12.2 Å². The lowest BCUT2D eigenvalue weighted by Gasteiger charge is -2.15. The van der Waals surface area contributed by atoms with Crippen LogP contribution in [0.1, 0.15) is 21.9 Å². The van der Waals surface area contributed by atoms with Crippen molar-refractivity contribution in [1.82, 2.24) is 24.1 Å². The van der Waals surface area contributed by atoms with Crippen LogP contribution in [0.25, 0.3) is 5.65 Å². The number of aromatic nitrogens is 4. The van der Waals surface area contributed by atoms with Crippen molar-refractivity contribution >= 4 is 11.6 Å². The van der Waals surface area contributed by atoms with Crippen molar-refractivity contribution in [2.24, 2.45) is 7.05 Å². The smallest absolute Gasteiger partial charge is 0.272 e. The lowest BCUT2D eigenvalue weighted by atomic mass is 10.3. The molecular formula is C15H17N5O. The van der Waals surface area contributed by atoms with Crippen molar-refractivity contribution in [3.8, 4) is 0 Å². The molecular weight excluding hydrogens is 266 g/mol. The Morgan fingerprint density at radius 3 is 2.86 bits per heavy atom. The molecule has 3 aromatic heterocycles. The van der Waals surface area contributed by atoms with Gasteiger partial charge in [-0.2, -0.15) is 5.10 Å². The summed E-state index contributed by atoms with van der Waals surface area (Å²) in [6.07, 6.45) is 3.88. The molecule has 6 nitrogen and oxygen atoms in total. The largest absolute Gasteiger partial charge is 0.334 e. The van der Waals surface area contributed by atoms with Crippen LogP contribution < -0.4 is 0 Å². The molecule has 0 saturated heterocycles. The molecule has 0 N–H and O–H groups in total. The minimum absolute atomic E-state index is 0.0600. The molecule has 0 atom stereocenters. The minimum Gasteiger partial charge on any atom is -0.334 e. The van der Waals surface area contributed by atoms with Crippen LogP contribution >= 0.6 is 0 Å². The first-order chi connectivity index (χ1) is 10.0. The monoisotopic (exact) mass is 283 g/mol. The van der Waals surface area contributed by atoms with Crippen LogP contribution in [0.2, 0.25) is 0 Å². The Balaban J connectivity index is 1.80. The van der Waals surface area contributed by atoms with E-state index in [0.717, 1.165) is 17.0 Å². The van der Waals surface area contributed by atoms with Gasteiger partial charge >= 0.3 is 0 Å². The molecule has 1 amide bonds. The van der Waals surface area contributed by atoms with E-state index in [1.807, 2.05) is 41.9 Å². The zero-order valence-electron chi connectivity index (χ0n) is 12.3. The summed E-state index contributed by atoms with van der Waals surface area (Å²) in [7, 11) is 3.55. The van der Waals surface area contributed by atoms with Gasteiger partial charge in [0.25, 0.3) is 5.91 Å². The Morgan fingerprint density at radius 1 is 1.38 bits per heavy atom. The summed E-state index contributed by atoms with van der Waals surface area (Å²) < 4.78 is 3.56. The van der Waals surface area contributed by atoms with E-state index in [1.165, 1.54) is 0 Å². The highest BCUT2D eigenvalue weighted by atomic mass is 16.2. The highest BCUT2D eigenvalue weighted by Gasteiger charge is 2.17. The van der Waals surface area contributed by atoms with Gasteiger partial charge in [-0.1, -0.05) is 6.07 Å². The number of carbonyl (C=O) groups is 1. The number of pyridine rings is 1. The summed E-state index contributed by atoms with van der Waals surface area (Å²) in [6.45, 7) is 2.34. The average molecular weight is 283 g/mol. The highest BCUT2D eigenvalue weighted by Crippen LogP contribution is 2.10. The fourth-order valence-electron chi connectivity index (χ4n) is 2.38. The summed E-state index contributed by atoms with van der Waals surface area (Å²) in [4.78, 5) is 18.6. The lowest BCUT2D eigenvalue weighted by molar-refractivity contribution is 0.0772. The van der Waals surface area contributed by atoms with Crippen LogP contribution in [0.4, 0.5) is 0 Å². The van der Waals surface area contributed by atoms with Crippen molar-refractivity contribution in [3.63, 3.8) is 0 Å². The van der Waals surface area contributed by atoms with Gasteiger partial charge in [-0.3, -0.25) is 9.48 Å². The predicted molar refractivity (Wildman–Crippen MR) is 78.9 cm³/mol. The number of aryl methyl sites for hydroxylation is 2. The van der Waals surface area contributed by atoms with Crippen molar-refractivity contribution in [2.75, 3.05) is 7.05 Å². The van der Waals surface area contributed by atoms with Gasteiger partial charge in [0.1, 0.15) is 11.3 Å². The summed E-state index contributed by atoms with van der Waals surface area (Å²) >= 11 is 0. The third-order valence-electron chi connectivity index (χ3n) is 3.38. The summed E-state index contributed by atoms with van der Waals surface area (Å²) in [6, 6.07) is 7.63. The Bertz CT molecular complexity index is 768. The van der Waals surface area contributed by atoms with Crippen LogP contribution in [0, 0.1) is 6.92 Å². The topological polar surface area (TPSA) is 55.4 Å². The first-order valence-electron chi connectivity index (χ1n) is 6.73. The van der Waals surface area contributed by atoms with Crippen molar-refractivity contribution in [2.45, 2.75) is 13.5 Å². The maximum atomic E-state index is 12.4. The zero-order valence-corrected chi connectivity index (χ0v) is 12.3. The van der Waals surface area contributed by atoms with E-state index in [4.69, 9.17) is 0 Å². The van der Waals surface area contributed by atoms with E-state index in [1.54, 1.807) is 29.7 Å². The molecule has 3 rings (SSSR count). The first-order valence-corrected chi connectivity index (χ1v) is 6.73. The molecule has 0 aromatic carbocycles. The maximum absolute atomic E-state index is 12.4. The Hall–Kier alpha value is -2.63. The van der Waals surface area contributed by atoms with Gasteiger partial charge in [0.05, 0.1) is 17.9 Å². The second-order valence-electron chi connectivity index (χ2n) is 5.15. The number of hydrogen-bond donors (Lipinski definition) is 0. The van der Waals surface area contributed by atoms with Crippen LogP contribution in [0.5, 0.6) is 0 Å². The molecule has 3 heterocycles. The number of imidazole rings is 1. The minimum atomic E-state index is -0.0600.